The van der Waals surface area contributed by atoms with Crippen LogP contribution in [0.25, 0.3) is 28.0 Å². The van der Waals surface area contributed by atoms with E-state index in [2.05, 4.69) is 30.2 Å². The lowest BCUT2D eigenvalue weighted by Crippen LogP contribution is -2.07. The van der Waals surface area contributed by atoms with Crippen LogP contribution in [0.15, 0.2) is 60.8 Å². The van der Waals surface area contributed by atoms with Gasteiger partial charge in [0.25, 0.3) is 0 Å². The maximum atomic E-state index is 5.98. The summed E-state index contributed by atoms with van der Waals surface area (Å²) in [5, 5.41) is 5.61. The summed E-state index contributed by atoms with van der Waals surface area (Å²) < 4.78 is 1.88. The van der Waals surface area contributed by atoms with E-state index >= 15 is 0 Å². The van der Waals surface area contributed by atoms with Gasteiger partial charge in [-0.2, -0.15) is 5.10 Å². The molecule has 0 bridgehead atoms. The molecule has 2 N–H and O–H groups in total. The molecule has 130 valence electrons. The van der Waals surface area contributed by atoms with Crippen LogP contribution >= 0.6 is 0 Å². The van der Waals surface area contributed by atoms with Crippen molar-refractivity contribution >= 4 is 10.9 Å². The zero-order valence-corrected chi connectivity index (χ0v) is 14.9. The van der Waals surface area contributed by atoms with Crippen molar-refractivity contribution in [2.24, 2.45) is 5.73 Å². The zero-order chi connectivity index (χ0) is 18.1. The first-order valence-electron chi connectivity index (χ1n) is 8.82. The Balaban J connectivity index is 1.83. The van der Waals surface area contributed by atoms with Crippen molar-refractivity contribution in [3.05, 3.63) is 72.2 Å². The first-order valence-corrected chi connectivity index (χ1v) is 8.82. The van der Waals surface area contributed by atoms with Crippen molar-refractivity contribution in [2.45, 2.75) is 26.3 Å². The molecule has 0 spiro atoms. The van der Waals surface area contributed by atoms with Gasteiger partial charge in [0, 0.05) is 22.7 Å². The minimum Gasteiger partial charge on any atom is -0.323 e. The summed E-state index contributed by atoms with van der Waals surface area (Å²) in [4.78, 5) is 9.39. The van der Waals surface area contributed by atoms with Crippen molar-refractivity contribution in [1.82, 2.24) is 19.7 Å². The van der Waals surface area contributed by atoms with E-state index in [1.165, 1.54) is 0 Å². The van der Waals surface area contributed by atoms with Gasteiger partial charge in [-0.05, 0) is 43.7 Å². The van der Waals surface area contributed by atoms with E-state index in [4.69, 9.17) is 15.7 Å². The van der Waals surface area contributed by atoms with E-state index in [0.29, 0.717) is 0 Å². The molecule has 0 aliphatic carbocycles. The molecule has 4 aromatic rings. The monoisotopic (exact) mass is 343 g/mol. The lowest BCUT2D eigenvalue weighted by atomic mass is 10.1. The Bertz CT molecular complexity index is 1060. The highest BCUT2D eigenvalue weighted by molar-refractivity contribution is 5.84. The van der Waals surface area contributed by atoms with Crippen LogP contribution in [0.2, 0.25) is 0 Å². The summed E-state index contributed by atoms with van der Waals surface area (Å²) in [5.41, 5.74) is 10.9. The van der Waals surface area contributed by atoms with Crippen molar-refractivity contribution < 1.29 is 0 Å². The second kappa shape index (κ2) is 6.69. The number of aromatic nitrogens is 4. The van der Waals surface area contributed by atoms with E-state index < -0.39 is 0 Å². The predicted octanol–water partition coefficient (Wildman–Crippen LogP) is 4.06. The lowest BCUT2D eigenvalue weighted by molar-refractivity contribution is 0.782. The van der Waals surface area contributed by atoms with Crippen molar-refractivity contribution in [3.63, 3.8) is 0 Å². The molecule has 0 saturated heterocycles. The molecular formula is C21H21N5. The van der Waals surface area contributed by atoms with E-state index in [-0.39, 0.29) is 6.04 Å². The number of fused-ring (bicyclic) bond motifs is 1. The van der Waals surface area contributed by atoms with Gasteiger partial charge in [0.1, 0.15) is 0 Å². The van der Waals surface area contributed by atoms with Crippen LogP contribution in [0.3, 0.4) is 0 Å². The number of hydrogen-bond acceptors (Lipinski definition) is 4. The Kier molecular flexibility index (Phi) is 4.22. The minimum absolute atomic E-state index is 0.0924. The Morgan fingerprint density at radius 3 is 2.69 bits per heavy atom. The fourth-order valence-corrected chi connectivity index (χ4v) is 3.01. The van der Waals surface area contributed by atoms with E-state index in [0.717, 1.165) is 45.8 Å². The Morgan fingerprint density at radius 1 is 1.04 bits per heavy atom. The molecule has 0 amide bonds. The molecule has 1 atom stereocenters. The smallest absolute Gasteiger partial charge is 0.154 e. The van der Waals surface area contributed by atoms with E-state index in [1.54, 1.807) is 0 Å². The highest BCUT2D eigenvalue weighted by Gasteiger charge is 2.10. The van der Waals surface area contributed by atoms with Gasteiger partial charge in [0.2, 0.25) is 0 Å². The predicted molar refractivity (Wildman–Crippen MR) is 104 cm³/mol. The fourth-order valence-electron chi connectivity index (χ4n) is 3.01. The highest BCUT2D eigenvalue weighted by atomic mass is 15.3. The fraction of sp³-hybridized carbons (Fsp3) is 0.190. The SMILES string of the molecule is CCc1cccc(-n2ncc3ccc(-c4cccc(C(C)N)n4)cc32)n1. The summed E-state index contributed by atoms with van der Waals surface area (Å²) in [5.74, 6) is 0.828. The lowest BCUT2D eigenvalue weighted by Gasteiger charge is -2.08. The van der Waals surface area contributed by atoms with Crippen LogP contribution in [0.1, 0.15) is 31.3 Å². The zero-order valence-electron chi connectivity index (χ0n) is 14.9. The molecule has 0 fully saturated rings. The average Bonchev–Trinajstić information content (AvgIpc) is 3.11. The van der Waals surface area contributed by atoms with Crippen LogP contribution in [0, 0.1) is 0 Å². The largest absolute Gasteiger partial charge is 0.323 e. The molecule has 1 unspecified atom stereocenters. The van der Waals surface area contributed by atoms with Crippen LogP contribution < -0.4 is 5.73 Å². The Hall–Kier alpha value is -3.05. The topological polar surface area (TPSA) is 69.6 Å². The third-order valence-electron chi connectivity index (χ3n) is 4.48. The summed E-state index contributed by atoms with van der Waals surface area (Å²) in [7, 11) is 0. The van der Waals surface area contributed by atoms with Gasteiger partial charge in [-0.15, -0.1) is 0 Å². The second-order valence-corrected chi connectivity index (χ2v) is 6.41. The highest BCUT2D eigenvalue weighted by Crippen LogP contribution is 2.25. The first-order chi connectivity index (χ1) is 12.7. The minimum atomic E-state index is -0.0924. The van der Waals surface area contributed by atoms with Gasteiger partial charge in [-0.1, -0.05) is 31.2 Å². The van der Waals surface area contributed by atoms with Gasteiger partial charge < -0.3 is 5.73 Å². The number of aryl methyl sites for hydroxylation is 1. The number of nitrogens with two attached hydrogens (primary N) is 1. The molecular weight excluding hydrogens is 322 g/mol. The van der Waals surface area contributed by atoms with Crippen LogP contribution in [-0.4, -0.2) is 19.7 Å². The molecule has 1 aromatic carbocycles. The van der Waals surface area contributed by atoms with E-state index in [1.807, 2.05) is 54.2 Å². The van der Waals surface area contributed by atoms with Gasteiger partial charge >= 0.3 is 0 Å². The third kappa shape index (κ3) is 2.97. The molecule has 5 heteroatoms. The maximum Gasteiger partial charge on any atom is 0.154 e. The van der Waals surface area contributed by atoms with E-state index in [9.17, 15) is 0 Å². The number of benzene rings is 1. The standard InChI is InChI=1S/C21H21N5/c1-3-17-6-4-9-21(24-17)26-20-12-15(10-11-16(20)13-23-26)19-8-5-7-18(25-19)14(2)22/h4-14H,3,22H2,1-2H3. The quantitative estimate of drug-likeness (QED) is 0.606. The first kappa shape index (κ1) is 16.4. The molecule has 3 heterocycles. The molecule has 5 nitrogen and oxygen atoms in total. The molecule has 0 aliphatic rings. The average molecular weight is 343 g/mol. The Morgan fingerprint density at radius 2 is 1.88 bits per heavy atom. The molecule has 26 heavy (non-hydrogen) atoms. The van der Waals surface area contributed by atoms with Crippen LogP contribution in [0.4, 0.5) is 0 Å². The van der Waals surface area contributed by atoms with Gasteiger partial charge in [-0.25, -0.2) is 9.67 Å². The number of rotatable bonds is 4. The number of nitrogens with zero attached hydrogens (tertiary/aromatic N) is 4. The van der Waals surface area contributed by atoms with Crippen molar-refractivity contribution in [1.29, 1.82) is 0 Å². The maximum absolute atomic E-state index is 5.98. The van der Waals surface area contributed by atoms with Gasteiger partial charge in [0.15, 0.2) is 5.82 Å². The van der Waals surface area contributed by atoms with Crippen LogP contribution in [0.5, 0.6) is 0 Å². The summed E-state index contributed by atoms with van der Waals surface area (Å²) in [6.07, 6.45) is 2.76. The molecule has 3 aromatic heterocycles. The number of pyridine rings is 2. The molecule has 0 radical (unpaired) electrons. The molecule has 0 aliphatic heterocycles. The van der Waals surface area contributed by atoms with Gasteiger partial charge in [0.05, 0.1) is 23.1 Å². The third-order valence-corrected chi connectivity index (χ3v) is 4.48. The van der Waals surface area contributed by atoms with Gasteiger partial charge in [-0.3, -0.25) is 4.98 Å². The Labute approximate surface area is 152 Å². The van der Waals surface area contributed by atoms with Crippen molar-refractivity contribution in [3.8, 4) is 17.1 Å². The van der Waals surface area contributed by atoms with Crippen LogP contribution in [-0.2, 0) is 6.42 Å². The van der Waals surface area contributed by atoms with Crippen molar-refractivity contribution in [2.75, 3.05) is 0 Å². The molecule has 4 rings (SSSR count). The summed E-state index contributed by atoms with van der Waals surface area (Å²) >= 11 is 0. The second-order valence-electron chi connectivity index (χ2n) is 6.41. The summed E-state index contributed by atoms with van der Waals surface area (Å²) in [6.45, 7) is 4.04. The number of hydrogen-bond donors (Lipinski definition) is 1. The molecule has 0 saturated carbocycles. The summed E-state index contributed by atoms with van der Waals surface area (Å²) in [6, 6.07) is 18.1. The normalized spacial score (nSPS) is 12.4.